The molecule has 0 amide bonds. The molecule has 1 N–H and O–H groups in total. The highest BCUT2D eigenvalue weighted by Crippen LogP contribution is 2.38. The summed E-state index contributed by atoms with van der Waals surface area (Å²) in [4.78, 5) is 0.779. The molecule has 0 spiro atoms. The van der Waals surface area contributed by atoms with Gasteiger partial charge in [-0.25, -0.2) is 4.39 Å². The Morgan fingerprint density at radius 3 is 2.03 bits per heavy atom. The van der Waals surface area contributed by atoms with E-state index in [0.29, 0.717) is 18.2 Å². The van der Waals surface area contributed by atoms with Crippen molar-refractivity contribution in [3.05, 3.63) is 88.2 Å². The molecule has 3 rings (SSSR count). The first-order valence-corrected chi connectivity index (χ1v) is 10.7. The lowest BCUT2D eigenvalue weighted by Gasteiger charge is -2.29. The lowest BCUT2D eigenvalue weighted by atomic mass is 10.0. The molecular weight excluding hydrogens is 544 g/mol. The Kier molecular flexibility index (Phi) is 8.04. The number of rotatable bonds is 6. The Labute approximate surface area is 208 Å². The van der Waals surface area contributed by atoms with Crippen molar-refractivity contribution in [2.75, 3.05) is 11.4 Å². The Morgan fingerprint density at radius 1 is 0.784 bits per heavy atom. The first-order valence-electron chi connectivity index (χ1n) is 10.3. The molecule has 0 aliphatic heterocycles. The van der Waals surface area contributed by atoms with Crippen LogP contribution in [0.15, 0.2) is 60.7 Å². The maximum atomic E-state index is 14.3. The van der Waals surface area contributed by atoms with Crippen molar-refractivity contribution >= 4 is 17.3 Å². The van der Waals surface area contributed by atoms with E-state index in [2.05, 4.69) is 0 Å². The van der Waals surface area contributed by atoms with E-state index in [-0.39, 0.29) is 16.8 Å². The number of hydrogen-bond acceptors (Lipinski definition) is 2. The van der Waals surface area contributed by atoms with E-state index < -0.39 is 65.3 Å². The fourth-order valence-electron chi connectivity index (χ4n) is 3.46. The maximum absolute atomic E-state index is 14.3. The van der Waals surface area contributed by atoms with Crippen molar-refractivity contribution in [1.82, 2.24) is 0 Å². The predicted molar refractivity (Wildman–Crippen MR) is 116 cm³/mol. The summed E-state index contributed by atoms with van der Waals surface area (Å²) in [6.07, 6.45) is -17.7. The van der Waals surface area contributed by atoms with Crippen molar-refractivity contribution in [3.8, 4) is 11.1 Å². The molecule has 0 radical (unpaired) electrons. The highest BCUT2D eigenvalue weighted by atomic mass is 35.5. The number of aliphatic hydroxyl groups excluding tert-OH is 1. The number of alkyl halides is 9. The van der Waals surface area contributed by atoms with Crippen LogP contribution in [-0.2, 0) is 18.9 Å². The molecule has 200 valence electrons. The molecule has 13 heteroatoms. The quantitative estimate of drug-likeness (QED) is 0.308. The summed E-state index contributed by atoms with van der Waals surface area (Å²) in [5, 5.41) is 9.03. The van der Waals surface area contributed by atoms with Crippen LogP contribution in [0.3, 0.4) is 0 Å². The number of benzene rings is 3. The largest absolute Gasteiger partial charge is 0.417 e. The molecular formula is C24H16ClF10NO. The van der Waals surface area contributed by atoms with E-state index in [0.717, 1.165) is 23.1 Å². The molecule has 1 atom stereocenters. The second-order valence-corrected chi connectivity index (χ2v) is 8.39. The van der Waals surface area contributed by atoms with E-state index >= 15 is 0 Å². The van der Waals surface area contributed by atoms with Crippen molar-refractivity contribution in [2.45, 2.75) is 31.2 Å². The predicted octanol–water partition coefficient (Wildman–Crippen LogP) is 8.11. The topological polar surface area (TPSA) is 23.5 Å². The Balaban J connectivity index is 2.06. The van der Waals surface area contributed by atoms with E-state index in [9.17, 15) is 49.0 Å². The van der Waals surface area contributed by atoms with Gasteiger partial charge in [-0.1, -0.05) is 29.8 Å². The summed E-state index contributed by atoms with van der Waals surface area (Å²) in [6.45, 7) is -2.02. The first-order chi connectivity index (χ1) is 17.0. The monoisotopic (exact) mass is 559 g/mol. The molecule has 0 aromatic heterocycles. The Hall–Kier alpha value is -2.99. The lowest BCUT2D eigenvalue weighted by molar-refractivity contribution is -0.200. The van der Waals surface area contributed by atoms with Gasteiger partial charge in [0.25, 0.3) is 0 Å². The summed E-state index contributed by atoms with van der Waals surface area (Å²) in [6, 6.07) is 9.36. The van der Waals surface area contributed by atoms with Crippen LogP contribution in [-0.4, -0.2) is 23.9 Å². The van der Waals surface area contributed by atoms with Gasteiger partial charge in [-0.05, 0) is 53.6 Å². The maximum Gasteiger partial charge on any atom is 0.417 e. The third kappa shape index (κ3) is 7.07. The van der Waals surface area contributed by atoms with Gasteiger partial charge < -0.3 is 10.0 Å². The van der Waals surface area contributed by atoms with Gasteiger partial charge in [0, 0.05) is 17.8 Å². The third-order valence-corrected chi connectivity index (χ3v) is 5.65. The van der Waals surface area contributed by atoms with Crippen LogP contribution < -0.4 is 4.90 Å². The van der Waals surface area contributed by atoms with Gasteiger partial charge in [-0.3, -0.25) is 0 Å². The minimum atomic E-state index is -5.11. The zero-order valence-corrected chi connectivity index (χ0v) is 19.1. The molecule has 0 bridgehead atoms. The number of aliphatic hydroxyl groups is 1. The molecule has 0 fully saturated rings. The number of halogens is 11. The summed E-state index contributed by atoms with van der Waals surface area (Å²) < 4.78 is 133. The van der Waals surface area contributed by atoms with Gasteiger partial charge in [0.2, 0.25) is 0 Å². The van der Waals surface area contributed by atoms with Crippen molar-refractivity contribution in [3.63, 3.8) is 0 Å². The van der Waals surface area contributed by atoms with Crippen LogP contribution in [0.2, 0.25) is 5.02 Å². The zero-order valence-electron chi connectivity index (χ0n) is 18.3. The van der Waals surface area contributed by atoms with Crippen LogP contribution in [0.1, 0.15) is 16.7 Å². The van der Waals surface area contributed by atoms with Crippen LogP contribution in [0.5, 0.6) is 0 Å². The van der Waals surface area contributed by atoms with Crippen molar-refractivity contribution in [2.24, 2.45) is 0 Å². The molecule has 2 nitrogen and oxygen atoms in total. The highest BCUT2D eigenvalue weighted by Gasteiger charge is 2.40. The summed E-state index contributed by atoms with van der Waals surface area (Å²) in [5.41, 5.74) is -3.06. The molecule has 3 aromatic rings. The lowest BCUT2D eigenvalue weighted by Crippen LogP contribution is -2.41. The smallest absolute Gasteiger partial charge is 0.382 e. The fourth-order valence-corrected chi connectivity index (χ4v) is 3.68. The fraction of sp³-hybridized carbons (Fsp3) is 0.250. The average molecular weight is 560 g/mol. The summed E-state index contributed by atoms with van der Waals surface area (Å²) in [7, 11) is 0. The van der Waals surface area contributed by atoms with E-state index in [1.807, 2.05) is 0 Å². The van der Waals surface area contributed by atoms with Crippen molar-refractivity contribution < 1.29 is 49.0 Å². The third-order valence-electron chi connectivity index (χ3n) is 5.32. The SMILES string of the molecule is O[C@H](CN(Cc1cc(C(F)(F)F)ccc1F)c1cccc(-c2ccc(Cl)c(C(F)(F)F)c2)c1)C(F)(F)F. The summed E-state index contributed by atoms with van der Waals surface area (Å²) in [5.74, 6) is -1.14. The van der Waals surface area contributed by atoms with Crippen molar-refractivity contribution in [1.29, 1.82) is 0 Å². The zero-order chi connectivity index (χ0) is 27.8. The minimum absolute atomic E-state index is 0.0138. The summed E-state index contributed by atoms with van der Waals surface area (Å²) >= 11 is 5.62. The Morgan fingerprint density at radius 2 is 1.43 bits per heavy atom. The van der Waals surface area contributed by atoms with E-state index in [1.165, 1.54) is 24.3 Å². The number of hydrogen-bond donors (Lipinski definition) is 1. The van der Waals surface area contributed by atoms with Gasteiger partial charge in [-0.2, -0.15) is 39.5 Å². The molecule has 0 unspecified atom stereocenters. The average Bonchev–Trinajstić information content (AvgIpc) is 2.78. The van der Waals surface area contributed by atoms with E-state index in [4.69, 9.17) is 11.6 Å². The minimum Gasteiger partial charge on any atom is -0.382 e. The normalized spacial score (nSPS) is 13.5. The second kappa shape index (κ2) is 10.4. The second-order valence-electron chi connectivity index (χ2n) is 7.98. The number of anilines is 1. The first kappa shape index (κ1) is 28.6. The van der Waals surface area contributed by atoms with Crippen LogP contribution in [0, 0.1) is 5.82 Å². The highest BCUT2D eigenvalue weighted by molar-refractivity contribution is 6.31. The van der Waals surface area contributed by atoms with Gasteiger partial charge in [0.05, 0.1) is 22.7 Å². The van der Waals surface area contributed by atoms with Gasteiger partial charge >= 0.3 is 18.5 Å². The number of nitrogens with zero attached hydrogens (tertiary/aromatic N) is 1. The van der Waals surface area contributed by atoms with E-state index in [1.54, 1.807) is 0 Å². The van der Waals surface area contributed by atoms with Gasteiger partial charge in [0.15, 0.2) is 6.10 Å². The van der Waals surface area contributed by atoms with Gasteiger partial charge in [0.1, 0.15) is 5.82 Å². The Bertz CT molecular complexity index is 1250. The van der Waals surface area contributed by atoms with Gasteiger partial charge in [-0.15, -0.1) is 0 Å². The molecule has 0 saturated heterocycles. The van der Waals surface area contributed by atoms with Crippen LogP contribution >= 0.6 is 11.6 Å². The molecule has 0 aliphatic carbocycles. The molecule has 0 heterocycles. The molecule has 0 saturated carbocycles. The van der Waals surface area contributed by atoms with Crippen LogP contribution in [0.25, 0.3) is 11.1 Å². The van der Waals surface area contributed by atoms with Crippen LogP contribution in [0.4, 0.5) is 49.6 Å². The molecule has 0 aliphatic rings. The molecule has 3 aromatic carbocycles. The molecule has 37 heavy (non-hydrogen) atoms. The standard InChI is InChI=1S/C24H16ClF10NO/c25-19-6-4-14(10-18(19)23(30,31)32)13-2-1-3-17(9-13)36(12-21(37)24(33,34)35)11-15-8-16(22(27,28)29)5-7-20(15)26/h1-10,21,37H,11-12H2/t21-/m1/s1.